The van der Waals surface area contributed by atoms with Gasteiger partial charge in [0.1, 0.15) is 0 Å². The second-order valence-electron chi connectivity index (χ2n) is 5.27. The highest BCUT2D eigenvalue weighted by atomic mass is 16.2. The number of carbonyl (C=O) groups is 2. The number of piperidine rings is 1. The Labute approximate surface area is 103 Å². The first-order chi connectivity index (χ1) is 8.16. The van der Waals surface area contributed by atoms with Crippen LogP contribution in [0, 0.1) is 5.92 Å². The molecule has 4 nitrogen and oxygen atoms in total. The standard InChI is InChI=1S/C13H22N2O2/c1-11(16)15-8-5-12(10-15)9-13(17)14-6-3-2-4-7-14/h12H,2-10H2,1H3. The van der Waals surface area contributed by atoms with Crippen LogP contribution in [0.15, 0.2) is 0 Å². The van der Waals surface area contributed by atoms with Crippen LogP contribution in [0.4, 0.5) is 0 Å². The summed E-state index contributed by atoms with van der Waals surface area (Å²) >= 11 is 0. The Hall–Kier alpha value is -1.06. The van der Waals surface area contributed by atoms with E-state index < -0.39 is 0 Å². The highest BCUT2D eigenvalue weighted by molar-refractivity contribution is 5.77. The van der Waals surface area contributed by atoms with Gasteiger partial charge >= 0.3 is 0 Å². The van der Waals surface area contributed by atoms with Crippen molar-refractivity contribution in [2.45, 2.75) is 39.0 Å². The fourth-order valence-corrected chi connectivity index (χ4v) is 2.80. The van der Waals surface area contributed by atoms with Crippen molar-refractivity contribution in [1.29, 1.82) is 0 Å². The number of carbonyl (C=O) groups excluding carboxylic acids is 2. The molecule has 0 bridgehead atoms. The van der Waals surface area contributed by atoms with Crippen LogP contribution in [-0.4, -0.2) is 47.8 Å². The Balaban J connectivity index is 1.77. The van der Waals surface area contributed by atoms with Gasteiger partial charge in [-0.15, -0.1) is 0 Å². The molecule has 0 spiro atoms. The van der Waals surface area contributed by atoms with Crippen LogP contribution in [0.2, 0.25) is 0 Å². The van der Waals surface area contributed by atoms with Gasteiger partial charge in [0, 0.05) is 39.5 Å². The highest BCUT2D eigenvalue weighted by Gasteiger charge is 2.27. The second kappa shape index (κ2) is 5.52. The molecule has 0 saturated carbocycles. The van der Waals surface area contributed by atoms with E-state index in [0.717, 1.165) is 45.4 Å². The second-order valence-corrected chi connectivity index (χ2v) is 5.27. The zero-order valence-electron chi connectivity index (χ0n) is 10.7. The molecule has 2 fully saturated rings. The number of likely N-dealkylation sites (tertiary alicyclic amines) is 2. The summed E-state index contributed by atoms with van der Waals surface area (Å²) in [6.45, 7) is 5.07. The van der Waals surface area contributed by atoms with Gasteiger partial charge < -0.3 is 9.80 Å². The number of hydrogen-bond donors (Lipinski definition) is 0. The predicted octanol–water partition coefficient (Wildman–Crippen LogP) is 1.26. The van der Waals surface area contributed by atoms with Gasteiger partial charge in [-0.25, -0.2) is 0 Å². The minimum atomic E-state index is 0.137. The average Bonchev–Trinajstić information content (AvgIpc) is 2.79. The summed E-state index contributed by atoms with van der Waals surface area (Å²) < 4.78 is 0. The Morgan fingerprint density at radius 2 is 1.76 bits per heavy atom. The number of hydrogen-bond acceptors (Lipinski definition) is 2. The Morgan fingerprint density at radius 3 is 2.35 bits per heavy atom. The number of amides is 2. The molecular weight excluding hydrogens is 216 g/mol. The lowest BCUT2D eigenvalue weighted by atomic mass is 10.0. The lowest BCUT2D eigenvalue weighted by molar-refractivity contribution is -0.133. The third kappa shape index (κ3) is 3.20. The third-order valence-electron chi connectivity index (χ3n) is 3.90. The van der Waals surface area contributed by atoms with Crippen LogP contribution < -0.4 is 0 Å². The van der Waals surface area contributed by atoms with E-state index in [-0.39, 0.29) is 5.91 Å². The van der Waals surface area contributed by atoms with Gasteiger partial charge in [0.25, 0.3) is 0 Å². The molecule has 96 valence electrons. The zero-order valence-corrected chi connectivity index (χ0v) is 10.7. The molecule has 2 heterocycles. The maximum atomic E-state index is 12.1. The highest BCUT2D eigenvalue weighted by Crippen LogP contribution is 2.21. The van der Waals surface area contributed by atoms with Gasteiger partial charge in [-0.1, -0.05) is 0 Å². The molecule has 0 aliphatic carbocycles. The SMILES string of the molecule is CC(=O)N1CCC(CC(=O)N2CCCCC2)C1. The van der Waals surface area contributed by atoms with E-state index in [4.69, 9.17) is 0 Å². The van der Waals surface area contributed by atoms with Gasteiger partial charge in [-0.2, -0.15) is 0 Å². The molecule has 2 amide bonds. The molecule has 0 N–H and O–H groups in total. The van der Waals surface area contributed by atoms with Gasteiger partial charge in [0.05, 0.1) is 0 Å². The summed E-state index contributed by atoms with van der Waals surface area (Å²) in [4.78, 5) is 27.1. The van der Waals surface area contributed by atoms with E-state index in [0.29, 0.717) is 18.2 Å². The van der Waals surface area contributed by atoms with Crippen molar-refractivity contribution in [3.8, 4) is 0 Å². The number of nitrogens with zero attached hydrogens (tertiary/aromatic N) is 2. The van der Waals surface area contributed by atoms with Crippen LogP contribution in [-0.2, 0) is 9.59 Å². The first-order valence-electron chi connectivity index (χ1n) is 6.70. The zero-order chi connectivity index (χ0) is 12.3. The normalized spacial score (nSPS) is 25.1. The lowest BCUT2D eigenvalue weighted by Crippen LogP contribution is -2.37. The molecule has 0 radical (unpaired) electrons. The maximum Gasteiger partial charge on any atom is 0.222 e. The van der Waals surface area contributed by atoms with Gasteiger partial charge in [0.2, 0.25) is 11.8 Å². The van der Waals surface area contributed by atoms with Crippen molar-refractivity contribution >= 4 is 11.8 Å². The number of rotatable bonds is 2. The molecule has 2 rings (SSSR count). The van der Waals surface area contributed by atoms with Gasteiger partial charge in [-0.05, 0) is 31.6 Å². The summed E-state index contributed by atoms with van der Waals surface area (Å²) in [7, 11) is 0. The van der Waals surface area contributed by atoms with Crippen molar-refractivity contribution in [1.82, 2.24) is 9.80 Å². The van der Waals surface area contributed by atoms with Crippen molar-refractivity contribution in [3.05, 3.63) is 0 Å². The molecule has 1 atom stereocenters. The van der Waals surface area contributed by atoms with Crippen molar-refractivity contribution in [3.63, 3.8) is 0 Å². The van der Waals surface area contributed by atoms with Crippen LogP contribution in [0.1, 0.15) is 39.0 Å². The van der Waals surface area contributed by atoms with E-state index in [1.165, 1.54) is 6.42 Å². The molecule has 2 aliphatic heterocycles. The average molecular weight is 238 g/mol. The molecule has 2 saturated heterocycles. The molecule has 4 heteroatoms. The first-order valence-corrected chi connectivity index (χ1v) is 6.70. The summed E-state index contributed by atoms with van der Waals surface area (Å²) in [5.41, 5.74) is 0. The Bertz CT molecular complexity index is 298. The minimum absolute atomic E-state index is 0.137. The van der Waals surface area contributed by atoms with Crippen LogP contribution in [0.3, 0.4) is 0 Å². The monoisotopic (exact) mass is 238 g/mol. The molecule has 0 aromatic carbocycles. The molecule has 17 heavy (non-hydrogen) atoms. The predicted molar refractivity (Wildman–Crippen MR) is 65.4 cm³/mol. The Morgan fingerprint density at radius 1 is 1.06 bits per heavy atom. The van der Waals surface area contributed by atoms with E-state index in [9.17, 15) is 9.59 Å². The minimum Gasteiger partial charge on any atom is -0.343 e. The topological polar surface area (TPSA) is 40.6 Å². The molecular formula is C13H22N2O2. The first kappa shape index (κ1) is 12.4. The fourth-order valence-electron chi connectivity index (χ4n) is 2.80. The summed E-state index contributed by atoms with van der Waals surface area (Å²) in [6, 6.07) is 0. The quantitative estimate of drug-likeness (QED) is 0.726. The third-order valence-corrected chi connectivity index (χ3v) is 3.90. The van der Waals surface area contributed by atoms with Crippen molar-refractivity contribution in [2.75, 3.05) is 26.2 Å². The lowest BCUT2D eigenvalue weighted by Gasteiger charge is -2.27. The summed E-state index contributed by atoms with van der Waals surface area (Å²) in [5, 5.41) is 0. The van der Waals surface area contributed by atoms with Crippen LogP contribution in [0.25, 0.3) is 0 Å². The largest absolute Gasteiger partial charge is 0.343 e. The van der Waals surface area contributed by atoms with E-state index >= 15 is 0 Å². The Kier molecular flexibility index (Phi) is 4.02. The molecule has 2 aliphatic rings. The van der Waals surface area contributed by atoms with Crippen LogP contribution in [0.5, 0.6) is 0 Å². The summed E-state index contributed by atoms with van der Waals surface area (Å²) in [5.74, 6) is 0.811. The van der Waals surface area contributed by atoms with Crippen molar-refractivity contribution in [2.24, 2.45) is 5.92 Å². The van der Waals surface area contributed by atoms with E-state index in [1.54, 1.807) is 6.92 Å². The van der Waals surface area contributed by atoms with Gasteiger partial charge in [0.15, 0.2) is 0 Å². The van der Waals surface area contributed by atoms with Crippen molar-refractivity contribution < 1.29 is 9.59 Å². The van der Waals surface area contributed by atoms with E-state index in [2.05, 4.69) is 0 Å². The summed E-state index contributed by atoms with van der Waals surface area (Å²) in [6.07, 6.45) is 5.17. The molecule has 1 unspecified atom stereocenters. The fraction of sp³-hybridized carbons (Fsp3) is 0.846. The molecule has 0 aromatic rings. The van der Waals surface area contributed by atoms with E-state index in [1.807, 2.05) is 9.80 Å². The van der Waals surface area contributed by atoms with Gasteiger partial charge in [-0.3, -0.25) is 9.59 Å². The molecule has 0 aromatic heterocycles. The smallest absolute Gasteiger partial charge is 0.222 e. The van der Waals surface area contributed by atoms with Crippen LogP contribution >= 0.6 is 0 Å². The maximum absolute atomic E-state index is 12.1.